The lowest BCUT2D eigenvalue weighted by atomic mass is 10.0. The molecule has 2 N–H and O–H groups in total. The van der Waals surface area contributed by atoms with Crippen LogP contribution >= 0.6 is 0 Å². The van der Waals surface area contributed by atoms with Crippen LogP contribution in [0.5, 0.6) is 0 Å². The summed E-state index contributed by atoms with van der Waals surface area (Å²) < 4.78 is 6.61. The highest BCUT2D eigenvalue weighted by molar-refractivity contribution is 5.81. The number of likely N-dealkylation sites (N-methyl/N-ethyl adjacent to an activating group) is 1. The van der Waals surface area contributed by atoms with Gasteiger partial charge in [0.2, 0.25) is 0 Å². The van der Waals surface area contributed by atoms with Crippen LogP contribution in [0, 0.1) is 11.3 Å². The number of carbonyl (C=O) groups is 1. The van der Waals surface area contributed by atoms with Gasteiger partial charge >= 0.3 is 5.76 Å². The van der Waals surface area contributed by atoms with Gasteiger partial charge in [-0.3, -0.25) is 9.36 Å². The van der Waals surface area contributed by atoms with Crippen LogP contribution in [0.1, 0.15) is 5.56 Å². The maximum absolute atomic E-state index is 12.0. The van der Waals surface area contributed by atoms with Crippen molar-refractivity contribution in [1.29, 1.82) is 5.26 Å². The summed E-state index contributed by atoms with van der Waals surface area (Å²) in [6.45, 7) is 0.186. The molecule has 0 aliphatic rings. The summed E-state index contributed by atoms with van der Waals surface area (Å²) in [6, 6.07) is 14.5. The fourth-order valence-electron chi connectivity index (χ4n) is 3.20. The van der Waals surface area contributed by atoms with Crippen LogP contribution in [0.4, 0.5) is 0 Å². The molecule has 30 heavy (non-hydrogen) atoms. The molecule has 1 amide bonds. The summed E-state index contributed by atoms with van der Waals surface area (Å²) in [5.74, 6) is -0.969. The standard InChI is InChI=1S/C22H24N4O4/c1-25(2)13-19(27)21(28)24-17(12-23)10-14-4-6-15(7-5-14)16-8-9-20-18(11-16)26(3)22(29)30-20/h4-9,11,17,19,27H,10,13H2,1-3H3,(H,24,28)/t17-,19-/m0/s1. The van der Waals surface area contributed by atoms with Gasteiger partial charge in [0.1, 0.15) is 12.1 Å². The van der Waals surface area contributed by atoms with Crippen LogP contribution in [0.25, 0.3) is 22.2 Å². The highest BCUT2D eigenvalue weighted by Crippen LogP contribution is 2.24. The van der Waals surface area contributed by atoms with Crippen molar-refractivity contribution in [3.8, 4) is 17.2 Å². The number of nitriles is 1. The Morgan fingerprint density at radius 1 is 1.23 bits per heavy atom. The number of oxazole rings is 1. The van der Waals surface area contributed by atoms with E-state index in [0.29, 0.717) is 17.5 Å². The molecule has 0 saturated carbocycles. The highest BCUT2D eigenvalue weighted by atomic mass is 16.4. The van der Waals surface area contributed by atoms with Crippen molar-refractivity contribution in [3.63, 3.8) is 0 Å². The largest absolute Gasteiger partial charge is 0.419 e. The Morgan fingerprint density at radius 2 is 1.90 bits per heavy atom. The number of aryl methyl sites for hydroxylation is 1. The third-order valence-corrected chi connectivity index (χ3v) is 4.83. The second kappa shape index (κ2) is 8.95. The fourth-order valence-corrected chi connectivity index (χ4v) is 3.20. The molecule has 0 unspecified atom stereocenters. The van der Waals surface area contributed by atoms with Crippen LogP contribution in [-0.4, -0.2) is 53.3 Å². The lowest BCUT2D eigenvalue weighted by molar-refractivity contribution is -0.130. The molecule has 0 aliphatic carbocycles. The van der Waals surface area contributed by atoms with E-state index in [2.05, 4.69) is 11.4 Å². The molecule has 0 aliphatic heterocycles. The fraction of sp³-hybridized carbons (Fsp3) is 0.318. The maximum atomic E-state index is 12.0. The number of nitrogens with zero attached hydrogens (tertiary/aromatic N) is 3. The third kappa shape index (κ3) is 4.76. The SMILES string of the molecule is CN(C)C[C@H](O)C(=O)N[C@H](C#N)Cc1ccc(-c2ccc3oc(=O)n(C)c3c2)cc1. The van der Waals surface area contributed by atoms with E-state index in [1.165, 1.54) is 4.57 Å². The molecule has 0 fully saturated rings. The van der Waals surface area contributed by atoms with Crippen molar-refractivity contribution in [1.82, 2.24) is 14.8 Å². The lowest BCUT2D eigenvalue weighted by Gasteiger charge is -2.18. The van der Waals surface area contributed by atoms with Gasteiger partial charge in [-0.15, -0.1) is 0 Å². The molecule has 8 heteroatoms. The van der Waals surface area contributed by atoms with Gasteiger partial charge in [-0.1, -0.05) is 30.3 Å². The van der Waals surface area contributed by atoms with Crippen LogP contribution in [0.2, 0.25) is 0 Å². The number of aliphatic hydroxyl groups is 1. The van der Waals surface area contributed by atoms with Gasteiger partial charge in [0, 0.05) is 20.0 Å². The first-order chi connectivity index (χ1) is 14.3. The number of hydrogen-bond donors (Lipinski definition) is 2. The summed E-state index contributed by atoms with van der Waals surface area (Å²) in [4.78, 5) is 25.4. The van der Waals surface area contributed by atoms with Crippen LogP contribution in [-0.2, 0) is 18.3 Å². The van der Waals surface area contributed by atoms with Gasteiger partial charge in [0.15, 0.2) is 5.58 Å². The van der Waals surface area contributed by atoms with Gasteiger partial charge in [-0.05, 0) is 42.9 Å². The molecule has 0 spiro atoms. The molecule has 0 bridgehead atoms. The highest BCUT2D eigenvalue weighted by Gasteiger charge is 2.20. The minimum atomic E-state index is -1.19. The summed E-state index contributed by atoms with van der Waals surface area (Å²) in [6.07, 6.45) is -0.862. The molecular formula is C22H24N4O4. The predicted octanol–water partition coefficient (Wildman–Crippen LogP) is 1.27. The summed E-state index contributed by atoms with van der Waals surface area (Å²) in [5.41, 5.74) is 4.01. The minimum absolute atomic E-state index is 0.186. The number of benzene rings is 2. The average Bonchev–Trinajstić information content (AvgIpc) is 3.00. The number of nitrogens with one attached hydrogen (secondary N) is 1. The van der Waals surface area contributed by atoms with Crippen molar-refractivity contribution >= 4 is 17.0 Å². The van der Waals surface area contributed by atoms with Crippen molar-refractivity contribution in [3.05, 3.63) is 58.6 Å². The van der Waals surface area contributed by atoms with Gasteiger partial charge in [0.05, 0.1) is 11.6 Å². The maximum Gasteiger partial charge on any atom is 0.419 e. The number of rotatable bonds is 7. The van der Waals surface area contributed by atoms with E-state index in [-0.39, 0.29) is 6.54 Å². The van der Waals surface area contributed by atoms with E-state index < -0.39 is 23.8 Å². The monoisotopic (exact) mass is 408 g/mol. The predicted molar refractivity (Wildman–Crippen MR) is 113 cm³/mol. The summed E-state index contributed by atoms with van der Waals surface area (Å²) in [7, 11) is 5.17. The number of aliphatic hydroxyl groups excluding tert-OH is 1. The zero-order chi connectivity index (χ0) is 21.8. The molecule has 2 aromatic carbocycles. The van der Waals surface area contributed by atoms with Crippen LogP contribution < -0.4 is 11.1 Å². The number of hydrogen-bond acceptors (Lipinski definition) is 6. The summed E-state index contributed by atoms with van der Waals surface area (Å²) in [5, 5.41) is 21.8. The summed E-state index contributed by atoms with van der Waals surface area (Å²) >= 11 is 0. The molecule has 3 aromatic rings. The first kappa shape index (κ1) is 21.3. The topological polar surface area (TPSA) is 112 Å². The molecule has 156 valence electrons. The van der Waals surface area contributed by atoms with E-state index in [1.807, 2.05) is 36.4 Å². The average molecular weight is 408 g/mol. The Labute approximate surface area is 173 Å². The molecule has 0 saturated heterocycles. The van der Waals surface area contributed by atoms with Crippen molar-refractivity contribution < 1.29 is 14.3 Å². The molecule has 0 radical (unpaired) electrons. The van der Waals surface area contributed by atoms with Crippen molar-refractivity contribution in [2.45, 2.75) is 18.6 Å². The van der Waals surface area contributed by atoms with Crippen LogP contribution in [0.15, 0.2) is 51.7 Å². The zero-order valence-corrected chi connectivity index (χ0v) is 17.1. The number of fused-ring (bicyclic) bond motifs is 1. The first-order valence-corrected chi connectivity index (χ1v) is 9.50. The zero-order valence-electron chi connectivity index (χ0n) is 17.1. The van der Waals surface area contributed by atoms with Gasteiger partial charge < -0.3 is 19.7 Å². The second-order valence-corrected chi connectivity index (χ2v) is 7.48. The minimum Gasteiger partial charge on any atom is -0.408 e. The van der Waals surface area contributed by atoms with E-state index in [4.69, 9.17) is 4.42 Å². The Hall–Kier alpha value is -3.41. The lowest BCUT2D eigenvalue weighted by Crippen LogP contribution is -2.45. The Balaban J connectivity index is 1.70. The van der Waals surface area contributed by atoms with Gasteiger partial charge in [-0.25, -0.2) is 4.79 Å². The second-order valence-electron chi connectivity index (χ2n) is 7.48. The normalized spacial score (nSPS) is 13.2. The van der Waals surface area contributed by atoms with E-state index >= 15 is 0 Å². The van der Waals surface area contributed by atoms with E-state index in [1.54, 1.807) is 32.1 Å². The van der Waals surface area contributed by atoms with Crippen molar-refractivity contribution in [2.75, 3.05) is 20.6 Å². The Bertz CT molecular complexity index is 1140. The molecule has 8 nitrogen and oxygen atoms in total. The van der Waals surface area contributed by atoms with Crippen LogP contribution in [0.3, 0.4) is 0 Å². The third-order valence-electron chi connectivity index (χ3n) is 4.83. The first-order valence-electron chi connectivity index (χ1n) is 9.50. The van der Waals surface area contributed by atoms with Gasteiger partial charge in [-0.2, -0.15) is 5.26 Å². The molecule has 2 atom stereocenters. The Morgan fingerprint density at radius 3 is 2.53 bits per heavy atom. The molecule has 1 aromatic heterocycles. The van der Waals surface area contributed by atoms with E-state index in [9.17, 15) is 20.0 Å². The molecule has 3 rings (SSSR count). The number of aromatic nitrogens is 1. The van der Waals surface area contributed by atoms with Gasteiger partial charge in [0.25, 0.3) is 5.91 Å². The van der Waals surface area contributed by atoms with Crippen molar-refractivity contribution in [2.24, 2.45) is 7.05 Å². The number of carbonyl (C=O) groups excluding carboxylic acids is 1. The smallest absolute Gasteiger partial charge is 0.408 e. The number of amides is 1. The molecular weight excluding hydrogens is 384 g/mol. The Kier molecular flexibility index (Phi) is 6.35. The van der Waals surface area contributed by atoms with E-state index in [0.717, 1.165) is 16.7 Å². The quantitative estimate of drug-likeness (QED) is 0.609. The molecule has 1 heterocycles.